The van der Waals surface area contributed by atoms with Gasteiger partial charge < -0.3 is 9.47 Å². The summed E-state index contributed by atoms with van der Waals surface area (Å²) >= 11 is 0. The average Bonchev–Trinajstić information content (AvgIpc) is 3.38. The zero-order chi connectivity index (χ0) is 26.6. The fraction of sp³-hybridized carbons (Fsp3) is 0.321. The number of halogens is 2. The second-order valence-electron chi connectivity index (χ2n) is 10.4. The van der Waals surface area contributed by atoms with E-state index in [2.05, 4.69) is 0 Å². The molecule has 3 aliphatic rings. The summed E-state index contributed by atoms with van der Waals surface area (Å²) in [6.45, 7) is 6.74. The van der Waals surface area contributed by atoms with E-state index in [1.54, 1.807) is 27.7 Å². The van der Waals surface area contributed by atoms with Gasteiger partial charge in [0, 0.05) is 17.6 Å². The minimum atomic E-state index is -1.04. The first kappa shape index (κ1) is 24.7. The summed E-state index contributed by atoms with van der Waals surface area (Å²) in [5.74, 6) is -3.08. The van der Waals surface area contributed by atoms with E-state index in [4.69, 9.17) is 9.47 Å². The first-order valence-electron chi connectivity index (χ1n) is 11.9. The monoisotopic (exact) mass is 508 g/mol. The summed E-state index contributed by atoms with van der Waals surface area (Å²) in [5.41, 5.74) is 1.63. The Morgan fingerprint density at radius 2 is 1.73 bits per heavy atom. The van der Waals surface area contributed by atoms with Crippen molar-refractivity contribution in [3.63, 3.8) is 0 Å². The summed E-state index contributed by atoms with van der Waals surface area (Å²) in [5, 5.41) is 0. The lowest BCUT2D eigenvalue weighted by Gasteiger charge is -2.27. The van der Waals surface area contributed by atoms with Gasteiger partial charge in [0.15, 0.2) is 6.23 Å². The first-order chi connectivity index (χ1) is 17.4. The number of carbonyl (C=O) groups excluding carboxylic acids is 3. The van der Waals surface area contributed by atoms with Crippen molar-refractivity contribution in [3.05, 3.63) is 88.7 Å². The molecule has 0 aromatic heterocycles. The van der Waals surface area contributed by atoms with Crippen LogP contribution in [0, 0.1) is 17.6 Å². The fourth-order valence-electron chi connectivity index (χ4n) is 5.09. The van der Waals surface area contributed by atoms with E-state index in [1.165, 1.54) is 12.3 Å². The molecule has 0 saturated carbocycles. The Kier molecular flexibility index (Phi) is 5.89. The van der Waals surface area contributed by atoms with Crippen LogP contribution in [0.25, 0.3) is 0 Å². The predicted molar refractivity (Wildman–Crippen MR) is 130 cm³/mol. The maximum Gasteiger partial charge on any atom is 0.417 e. The molecule has 1 aliphatic carbocycles. The molecule has 3 atom stereocenters. The normalized spacial score (nSPS) is 23.9. The van der Waals surface area contributed by atoms with Crippen LogP contribution in [0.5, 0.6) is 0 Å². The average molecular weight is 509 g/mol. The highest BCUT2D eigenvalue weighted by Crippen LogP contribution is 2.50. The zero-order valence-corrected chi connectivity index (χ0v) is 20.8. The van der Waals surface area contributed by atoms with E-state index < -0.39 is 47.4 Å². The minimum Gasteiger partial charge on any atom is -0.474 e. The van der Waals surface area contributed by atoms with Crippen LogP contribution in [-0.4, -0.2) is 34.6 Å². The molecule has 0 spiro atoms. The van der Waals surface area contributed by atoms with Crippen LogP contribution in [0.15, 0.2) is 65.9 Å². The van der Waals surface area contributed by atoms with E-state index in [-0.39, 0.29) is 17.2 Å². The molecule has 3 amide bonds. The molecule has 192 valence electrons. The third kappa shape index (κ3) is 4.39. The van der Waals surface area contributed by atoms with Crippen molar-refractivity contribution >= 4 is 23.6 Å². The molecule has 2 aliphatic heterocycles. The number of hydrogen-bond donors (Lipinski definition) is 0. The Labute approximate surface area is 212 Å². The van der Waals surface area contributed by atoms with Crippen LogP contribution in [-0.2, 0) is 25.5 Å². The van der Waals surface area contributed by atoms with E-state index in [1.807, 2.05) is 24.3 Å². The van der Waals surface area contributed by atoms with Crippen LogP contribution >= 0.6 is 0 Å². The fourth-order valence-corrected chi connectivity index (χ4v) is 5.09. The van der Waals surface area contributed by atoms with E-state index in [0.717, 1.165) is 33.1 Å². The van der Waals surface area contributed by atoms with Gasteiger partial charge in [-0.25, -0.2) is 18.5 Å². The van der Waals surface area contributed by atoms with E-state index >= 15 is 0 Å². The molecule has 2 aromatic rings. The SMILES string of the molecule is CC1=CC(OC=C2C(=O)N(C(=O)OC(C)(C)C)C3c4ccccc4CC23)N(c2cc(F)cc(F)c2)C1=O. The van der Waals surface area contributed by atoms with Crippen LogP contribution in [0.2, 0.25) is 0 Å². The Bertz CT molecular complexity index is 1360. The van der Waals surface area contributed by atoms with Crippen molar-refractivity contribution < 1.29 is 32.6 Å². The summed E-state index contributed by atoms with van der Waals surface area (Å²) in [7, 11) is 0. The number of hydrogen-bond acceptors (Lipinski definition) is 5. The van der Waals surface area contributed by atoms with Crippen molar-refractivity contribution in [1.82, 2.24) is 4.90 Å². The van der Waals surface area contributed by atoms with Gasteiger partial charge in [-0.05, 0) is 63.5 Å². The second kappa shape index (κ2) is 8.83. The quantitative estimate of drug-likeness (QED) is 0.422. The predicted octanol–water partition coefficient (Wildman–Crippen LogP) is 5.18. The Balaban J connectivity index is 1.49. The van der Waals surface area contributed by atoms with Crippen molar-refractivity contribution in [1.29, 1.82) is 0 Å². The zero-order valence-electron chi connectivity index (χ0n) is 20.8. The third-order valence-electron chi connectivity index (χ3n) is 6.59. The van der Waals surface area contributed by atoms with Gasteiger partial charge in [-0.1, -0.05) is 24.3 Å². The molecule has 7 nitrogen and oxygen atoms in total. The topological polar surface area (TPSA) is 76.2 Å². The maximum atomic E-state index is 13.9. The van der Waals surface area contributed by atoms with Crippen LogP contribution in [0.3, 0.4) is 0 Å². The van der Waals surface area contributed by atoms with E-state index in [9.17, 15) is 23.2 Å². The standard InChI is InChI=1S/C28H26F2N2O5/c1-15-9-23(31(25(15)33)19-12-17(29)11-18(30)13-19)36-14-22-21-10-16-7-5-6-8-20(16)24(21)32(26(22)34)27(35)37-28(2,3)4/h5-9,11-14,21,23-24H,10H2,1-4H3. The molecule has 0 bridgehead atoms. The smallest absolute Gasteiger partial charge is 0.417 e. The third-order valence-corrected chi connectivity index (χ3v) is 6.59. The first-order valence-corrected chi connectivity index (χ1v) is 11.9. The van der Waals surface area contributed by atoms with Gasteiger partial charge in [-0.2, -0.15) is 0 Å². The van der Waals surface area contributed by atoms with Gasteiger partial charge in [0.05, 0.1) is 23.6 Å². The van der Waals surface area contributed by atoms with Crippen molar-refractivity contribution in [3.8, 4) is 0 Å². The maximum absolute atomic E-state index is 13.9. The summed E-state index contributed by atoms with van der Waals surface area (Å²) in [4.78, 5) is 41.6. The number of nitrogens with zero attached hydrogens (tertiary/aromatic N) is 2. The number of ether oxygens (including phenoxy) is 2. The summed E-state index contributed by atoms with van der Waals surface area (Å²) in [6.07, 6.45) is 1.49. The molecule has 9 heteroatoms. The summed E-state index contributed by atoms with van der Waals surface area (Å²) < 4.78 is 39.2. The molecule has 1 saturated heterocycles. The van der Waals surface area contributed by atoms with Gasteiger partial charge in [-0.15, -0.1) is 0 Å². The van der Waals surface area contributed by atoms with Crippen LogP contribution in [0.4, 0.5) is 19.3 Å². The molecule has 0 N–H and O–H groups in total. The molecule has 3 unspecified atom stereocenters. The van der Waals surface area contributed by atoms with E-state index in [0.29, 0.717) is 18.1 Å². The Morgan fingerprint density at radius 3 is 2.41 bits per heavy atom. The van der Waals surface area contributed by atoms with Crippen LogP contribution < -0.4 is 4.90 Å². The number of likely N-dealkylation sites (tertiary alicyclic amines) is 1. The van der Waals surface area contributed by atoms with Crippen LogP contribution in [0.1, 0.15) is 44.9 Å². The molecule has 0 radical (unpaired) electrons. The number of imide groups is 1. The second-order valence-corrected chi connectivity index (χ2v) is 10.4. The molecular weight excluding hydrogens is 482 g/mol. The number of carbonyl (C=O) groups is 3. The van der Waals surface area contributed by atoms with Crippen molar-refractivity contribution in [2.45, 2.75) is 52.0 Å². The highest BCUT2D eigenvalue weighted by Gasteiger charge is 2.53. The Morgan fingerprint density at radius 1 is 1.05 bits per heavy atom. The molecular formula is C28H26F2N2O5. The molecule has 5 rings (SSSR count). The van der Waals surface area contributed by atoms with Gasteiger partial charge in [0.2, 0.25) is 0 Å². The number of fused-ring (bicyclic) bond motifs is 3. The highest BCUT2D eigenvalue weighted by atomic mass is 19.1. The summed E-state index contributed by atoms with van der Waals surface area (Å²) in [6, 6.07) is 9.81. The number of amides is 3. The number of rotatable bonds is 3. The molecule has 1 fully saturated rings. The molecule has 2 aromatic carbocycles. The molecule has 37 heavy (non-hydrogen) atoms. The number of anilines is 1. The minimum absolute atomic E-state index is 0.0155. The van der Waals surface area contributed by atoms with Crippen molar-refractivity contribution in [2.24, 2.45) is 5.92 Å². The van der Waals surface area contributed by atoms with Gasteiger partial charge >= 0.3 is 6.09 Å². The largest absolute Gasteiger partial charge is 0.474 e. The lowest BCUT2D eigenvalue weighted by molar-refractivity contribution is -0.125. The van der Waals surface area contributed by atoms with Crippen molar-refractivity contribution in [2.75, 3.05) is 4.90 Å². The van der Waals surface area contributed by atoms with Gasteiger partial charge in [0.25, 0.3) is 11.8 Å². The number of benzene rings is 2. The van der Waals surface area contributed by atoms with Gasteiger partial charge in [0.1, 0.15) is 17.2 Å². The highest BCUT2D eigenvalue weighted by molar-refractivity contribution is 6.08. The lowest BCUT2D eigenvalue weighted by atomic mass is 9.97. The Hall–Kier alpha value is -4.01. The lowest BCUT2D eigenvalue weighted by Crippen LogP contribution is -2.39. The van der Waals surface area contributed by atoms with Gasteiger partial charge in [-0.3, -0.25) is 14.5 Å². The molecule has 2 heterocycles.